The van der Waals surface area contributed by atoms with E-state index >= 15 is 0 Å². The highest BCUT2D eigenvalue weighted by atomic mass is 16.6. The Balaban J connectivity index is 2.05. The third kappa shape index (κ3) is 3.66. The van der Waals surface area contributed by atoms with E-state index in [1.54, 1.807) is 12.3 Å². The van der Waals surface area contributed by atoms with Crippen molar-refractivity contribution in [2.24, 2.45) is 0 Å². The van der Waals surface area contributed by atoms with Gasteiger partial charge in [0.15, 0.2) is 5.75 Å². The molecular weight excluding hydrogens is 278 g/mol. The highest BCUT2D eigenvalue weighted by Crippen LogP contribution is 2.29. The summed E-state index contributed by atoms with van der Waals surface area (Å²) in [7, 11) is 1.38. The Morgan fingerprint density at radius 1 is 1.52 bits per heavy atom. The molecule has 0 saturated carbocycles. The van der Waals surface area contributed by atoms with Gasteiger partial charge in [-0.15, -0.1) is 5.10 Å². The molecule has 0 bridgehead atoms. The Labute approximate surface area is 120 Å². The van der Waals surface area contributed by atoms with Gasteiger partial charge in [-0.2, -0.15) is 0 Å². The van der Waals surface area contributed by atoms with Gasteiger partial charge < -0.3 is 15.2 Å². The van der Waals surface area contributed by atoms with Gasteiger partial charge in [0.25, 0.3) is 0 Å². The van der Waals surface area contributed by atoms with Crippen LogP contribution in [-0.4, -0.2) is 38.7 Å². The van der Waals surface area contributed by atoms with Gasteiger partial charge in [-0.3, -0.25) is 10.1 Å². The van der Waals surface area contributed by atoms with Crippen LogP contribution in [0.25, 0.3) is 0 Å². The number of aliphatic hydroxyl groups excluding tert-OH is 1. The van der Waals surface area contributed by atoms with Crippen molar-refractivity contribution in [3.63, 3.8) is 0 Å². The first-order chi connectivity index (χ1) is 10.1. The highest BCUT2D eigenvalue weighted by Gasteiger charge is 2.15. The third-order valence-electron chi connectivity index (χ3n) is 2.76. The molecule has 2 aromatic rings. The smallest absolute Gasteiger partial charge is 0.312 e. The summed E-state index contributed by atoms with van der Waals surface area (Å²) < 4.78 is 6.46. The summed E-state index contributed by atoms with van der Waals surface area (Å²) >= 11 is 0. The number of benzene rings is 1. The fourth-order valence-corrected chi connectivity index (χ4v) is 1.77. The molecule has 112 valence electrons. The van der Waals surface area contributed by atoms with E-state index in [1.807, 2.05) is 0 Å². The number of nitro benzene ring substituents is 1. The fraction of sp³-hybridized carbons (Fsp3) is 0.333. The molecule has 2 rings (SSSR count). The second-order valence-electron chi connectivity index (χ2n) is 4.19. The monoisotopic (exact) mass is 293 g/mol. The van der Waals surface area contributed by atoms with Crippen molar-refractivity contribution in [2.45, 2.75) is 13.1 Å². The number of hydrogen-bond donors (Lipinski definition) is 2. The summed E-state index contributed by atoms with van der Waals surface area (Å²) in [6, 6.07) is 4.62. The van der Waals surface area contributed by atoms with E-state index in [9.17, 15) is 10.1 Å². The summed E-state index contributed by atoms with van der Waals surface area (Å²) in [6.07, 6.45) is 1.70. The van der Waals surface area contributed by atoms with Crippen LogP contribution in [-0.2, 0) is 13.1 Å². The molecule has 2 N–H and O–H groups in total. The van der Waals surface area contributed by atoms with E-state index in [2.05, 4.69) is 15.6 Å². The lowest BCUT2D eigenvalue weighted by Gasteiger charge is -2.06. The van der Waals surface area contributed by atoms with Gasteiger partial charge in [0.05, 0.1) is 37.9 Å². The van der Waals surface area contributed by atoms with Crippen LogP contribution in [0, 0.1) is 10.1 Å². The van der Waals surface area contributed by atoms with Gasteiger partial charge in [0.2, 0.25) is 0 Å². The first-order valence-electron chi connectivity index (χ1n) is 6.20. The van der Waals surface area contributed by atoms with Crippen molar-refractivity contribution in [3.05, 3.63) is 40.2 Å². The van der Waals surface area contributed by atoms with Crippen molar-refractivity contribution in [2.75, 3.05) is 19.0 Å². The number of aliphatic hydroxyl groups is 1. The molecule has 0 aliphatic rings. The lowest BCUT2D eigenvalue weighted by molar-refractivity contribution is -0.385. The number of ether oxygens (including phenoxy) is 1. The molecule has 0 radical (unpaired) electrons. The molecule has 0 spiro atoms. The zero-order valence-electron chi connectivity index (χ0n) is 11.4. The van der Waals surface area contributed by atoms with Crippen molar-refractivity contribution >= 4 is 11.4 Å². The maximum absolute atomic E-state index is 10.9. The molecule has 0 aliphatic carbocycles. The average Bonchev–Trinajstić information content (AvgIpc) is 2.93. The molecule has 0 saturated heterocycles. The highest BCUT2D eigenvalue weighted by molar-refractivity contribution is 5.58. The van der Waals surface area contributed by atoms with E-state index in [0.717, 1.165) is 0 Å². The second kappa shape index (κ2) is 6.66. The van der Waals surface area contributed by atoms with E-state index in [0.29, 0.717) is 24.5 Å². The number of methoxy groups -OCH3 is 1. The summed E-state index contributed by atoms with van der Waals surface area (Å²) in [4.78, 5) is 10.4. The molecule has 1 heterocycles. The number of hydrogen-bond acceptors (Lipinski definition) is 7. The van der Waals surface area contributed by atoms with E-state index in [1.165, 1.54) is 23.9 Å². The van der Waals surface area contributed by atoms with Crippen LogP contribution in [0.15, 0.2) is 24.4 Å². The molecule has 0 amide bonds. The minimum absolute atomic E-state index is 0.0130. The van der Waals surface area contributed by atoms with Gasteiger partial charge in [0, 0.05) is 11.8 Å². The molecule has 9 nitrogen and oxygen atoms in total. The zero-order chi connectivity index (χ0) is 15.2. The largest absolute Gasteiger partial charge is 0.490 e. The van der Waals surface area contributed by atoms with E-state index < -0.39 is 4.92 Å². The molecule has 0 unspecified atom stereocenters. The average molecular weight is 293 g/mol. The predicted molar refractivity (Wildman–Crippen MR) is 74.1 cm³/mol. The number of nitro groups is 1. The maximum atomic E-state index is 10.9. The van der Waals surface area contributed by atoms with Gasteiger partial charge in [0.1, 0.15) is 5.69 Å². The first kappa shape index (κ1) is 14.7. The van der Waals surface area contributed by atoms with Crippen molar-refractivity contribution in [1.29, 1.82) is 0 Å². The number of rotatable bonds is 7. The van der Waals surface area contributed by atoms with Crippen LogP contribution in [0.1, 0.15) is 5.69 Å². The van der Waals surface area contributed by atoms with Crippen molar-refractivity contribution < 1.29 is 14.8 Å². The number of nitrogens with zero attached hydrogens (tertiary/aromatic N) is 4. The van der Waals surface area contributed by atoms with Gasteiger partial charge >= 0.3 is 5.69 Å². The van der Waals surface area contributed by atoms with Crippen LogP contribution < -0.4 is 10.1 Å². The summed E-state index contributed by atoms with van der Waals surface area (Å²) in [5.74, 6) is 0.208. The topological polar surface area (TPSA) is 115 Å². The summed E-state index contributed by atoms with van der Waals surface area (Å²) in [5.41, 5.74) is 1.15. The summed E-state index contributed by atoms with van der Waals surface area (Å²) in [5, 5.41) is 30.5. The van der Waals surface area contributed by atoms with Crippen LogP contribution >= 0.6 is 0 Å². The molecule has 0 aliphatic heterocycles. The minimum Gasteiger partial charge on any atom is -0.490 e. The molecule has 1 aromatic heterocycles. The predicted octanol–water partition coefficient (Wildman–Crippen LogP) is 0.799. The Kier molecular flexibility index (Phi) is 4.67. The van der Waals surface area contributed by atoms with Crippen LogP contribution in [0.5, 0.6) is 5.75 Å². The van der Waals surface area contributed by atoms with Gasteiger partial charge in [-0.1, -0.05) is 5.21 Å². The van der Waals surface area contributed by atoms with E-state index in [-0.39, 0.29) is 18.0 Å². The normalized spacial score (nSPS) is 10.4. The lowest BCUT2D eigenvalue weighted by Crippen LogP contribution is -2.02. The Morgan fingerprint density at radius 3 is 3.00 bits per heavy atom. The second-order valence-corrected chi connectivity index (χ2v) is 4.19. The molecule has 0 atom stereocenters. The fourth-order valence-electron chi connectivity index (χ4n) is 1.77. The number of anilines is 1. The van der Waals surface area contributed by atoms with Crippen molar-refractivity contribution in [1.82, 2.24) is 15.0 Å². The molecular formula is C12H15N5O4. The number of aromatic nitrogens is 3. The molecule has 0 fully saturated rings. The number of nitrogens with one attached hydrogen (secondary N) is 1. The Bertz CT molecular complexity index is 628. The minimum atomic E-state index is -0.498. The molecule has 1 aromatic carbocycles. The lowest BCUT2D eigenvalue weighted by atomic mass is 10.2. The third-order valence-corrected chi connectivity index (χ3v) is 2.76. The first-order valence-corrected chi connectivity index (χ1v) is 6.20. The standard InChI is InChI=1S/C12H15N5O4/c1-21-12-3-2-9(6-11(12)17(19)20)13-7-10-8-16(4-5-18)15-14-10/h2-3,6,8,13,18H,4-5,7H2,1H3. The Morgan fingerprint density at radius 2 is 2.33 bits per heavy atom. The zero-order valence-corrected chi connectivity index (χ0v) is 11.4. The molecule has 9 heteroatoms. The van der Waals surface area contributed by atoms with Gasteiger partial charge in [-0.25, -0.2) is 4.68 Å². The maximum Gasteiger partial charge on any atom is 0.312 e. The quantitative estimate of drug-likeness (QED) is 0.573. The van der Waals surface area contributed by atoms with Crippen LogP contribution in [0.3, 0.4) is 0 Å². The van der Waals surface area contributed by atoms with Gasteiger partial charge in [-0.05, 0) is 12.1 Å². The summed E-state index contributed by atoms with van der Waals surface area (Å²) in [6.45, 7) is 0.733. The van der Waals surface area contributed by atoms with Crippen LogP contribution in [0.4, 0.5) is 11.4 Å². The Hall–Kier alpha value is -2.68. The van der Waals surface area contributed by atoms with Crippen LogP contribution in [0.2, 0.25) is 0 Å². The molecule has 21 heavy (non-hydrogen) atoms. The van der Waals surface area contributed by atoms with E-state index in [4.69, 9.17) is 9.84 Å². The van der Waals surface area contributed by atoms with Crippen molar-refractivity contribution in [3.8, 4) is 5.75 Å². The SMILES string of the molecule is COc1ccc(NCc2cn(CCO)nn2)cc1[N+](=O)[O-].